The molecule has 0 atom stereocenters. The van der Waals surface area contributed by atoms with E-state index in [1.165, 1.54) is 0 Å². The zero-order valence-electron chi connectivity index (χ0n) is 12.9. The van der Waals surface area contributed by atoms with Crippen LogP contribution in [0, 0.1) is 0 Å². The Bertz CT molecular complexity index is 745. The molecule has 0 aliphatic rings. The number of halogens is 2. The molecule has 0 fully saturated rings. The summed E-state index contributed by atoms with van der Waals surface area (Å²) in [7, 11) is -3.57. The standard InChI is InChI=1S/C16H19BrN2O2S.ClH/c1-16(2,11-18)19-22(20,21)15-9-5-13(6-10-15)12-3-7-14(17)8-4-12;/h3-10,19H,11,18H2,1-2H3;1H. The van der Waals surface area contributed by atoms with Crippen molar-refractivity contribution >= 4 is 38.4 Å². The molecule has 0 aliphatic carbocycles. The molecule has 7 heteroatoms. The van der Waals surface area contributed by atoms with E-state index < -0.39 is 15.6 Å². The molecule has 0 heterocycles. The molecule has 0 saturated heterocycles. The number of sulfonamides is 1. The van der Waals surface area contributed by atoms with Crippen LogP contribution in [0.25, 0.3) is 11.1 Å². The summed E-state index contributed by atoms with van der Waals surface area (Å²) in [6.45, 7) is 3.73. The minimum absolute atomic E-state index is 0. The summed E-state index contributed by atoms with van der Waals surface area (Å²) in [6, 6.07) is 14.7. The zero-order valence-corrected chi connectivity index (χ0v) is 16.1. The van der Waals surface area contributed by atoms with Gasteiger partial charge in [-0.05, 0) is 49.2 Å². The second-order valence-corrected chi connectivity index (χ2v) is 8.32. The van der Waals surface area contributed by atoms with Gasteiger partial charge in [-0.3, -0.25) is 0 Å². The van der Waals surface area contributed by atoms with E-state index in [4.69, 9.17) is 5.73 Å². The molecule has 0 amide bonds. The fraction of sp³-hybridized carbons (Fsp3) is 0.250. The van der Waals surface area contributed by atoms with Crippen LogP contribution in [-0.2, 0) is 10.0 Å². The van der Waals surface area contributed by atoms with Gasteiger partial charge in [0.15, 0.2) is 0 Å². The molecule has 2 aromatic carbocycles. The van der Waals surface area contributed by atoms with Gasteiger partial charge in [-0.2, -0.15) is 0 Å². The normalized spacial score (nSPS) is 11.8. The number of nitrogens with two attached hydrogens (primary N) is 1. The Morgan fingerprint density at radius 2 is 1.43 bits per heavy atom. The van der Waals surface area contributed by atoms with Crippen LogP contribution in [-0.4, -0.2) is 20.5 Å². The summed E-state index contributed by atoms with van der Waals surface area (Å²) in [6.07, 6.45) is 0. The quantitative estimate of drug-likeness (QED) is 0.778. The molecular weight excluding hydrogens is 400 g/mol. The van der Waals surface area contributed by atoms with Gasteiger partial charge in [-0.15, -0.1) is 12.4 Å². The van der Waals surface area contributed by atoms with E-state index >= 15 is 0 Å². The van der Waals surface area contributed by atoms with Crippen LogP contribution in [0.5, 0.6) is 0 Å². The highest BCUT2D eigenvalue weighted by Crippen LogP contribution is 2.23. The molecular formula is C16H20BrClN2O2S. The first kappa shape index (κ1) is 20.1. The minimum atomic E-state index is -3.57. The van der Waals surface area contributed by atoms with Gasteiger partial charge in [0, 0.05) is 16.6 Å². The van der Waals surface area contributed by atoms with E-state index in [9.17, 15) is 8.42 Å². The van der Waals surface area contributed by atoms with Gasteiger partial charge in [0.1, 0.15) is 0 Å². The van der Waals surface area contributed by atoms with E-state index in [0.717, 1.165) is 15.6 Å². The molecule has 2 rings (SSSR count). The molecule has 0 unspecified atom stereocenters. The molecule has 0 spiro atoms. The molecule has 0 aliphatic heterocycles. The molecule has 2 aromatic rings. The number of hydrogen-bond acceptors (Lipinski definition) is 3. The van der Waals surface area contributed by atoms with Gasteiger partial charge < -0.3 is 5.73 Å². The highest BCUT2D eigenvalue weighted by Gasteiger charge is 2.24. The molecule has 0 radical (unpaired) electrons. The van der Waals surface area contributed by atoms with Crippen LogP contribution < -0.4 is 10.5 Å². The van der Waals surface area contributed by atoms with Gasteiger partial charge in [0.05, 0.1) is 4.90 Å². The van der Waals surface area contributed by atoms with Crippen LogP contribution in [0.3, 0.4) is 0 Å². The fourth-order valence-corrected chi connectivity index (χ4v) is 3.62. The molecule has 0 saturated carbocycles. The molecule has 4 nitrogen and oxygen atoms in total. The zero-order chi connectivity index (χ0) is 16.4. The summed E-state index contributed by atoms with van der Waals surface area (Å²) in [5.41, 5.74) is 6.89. The van der Waals surface area contributed by atoms with Crippen molar-refractivity contribution in [3.63, 3.8) is 0 Å². The van der Waals surface area contributed by atoms with E-state index in [1.807, 2.05) is 24.3 Å². The molecule has 23 heavy (non-hydrogen) atoms. The van der Waals surface area contributed by atoms with Gasteiger partial charge in [-0.1, -0.05) is 40.2 Å². The maximum atomic E-state index is 12.3. The minimum Gasteiger partial charge on any atom is -0.329 e. The monoisotopic (exact) mass is 418 g/mol. The van der Waals surface area contributed by atoms with Gasteiger partial charge in [-0.25, -0.2) is 13.1 Å². The highest BCUT2D eigenvalue weighted by atomic mass is 79.9. The predicted molar refractivity (Wildman–Crippen MR) is 100 cm³/mol. The van der Waals surface area contributed by atoms with Crippen molar-refractivity contribution in [2.24, 2.45) is 5.73 Å². The van der Waals surface area contributed by atoms with Crippen molar-refractivity contribution in [2.45, 2.75) is 24.3 Å². The lowest BCUT2D eigenvalue weighted by atomic mass is 10.1. The molecule has 0 aromatic heterocycles. The van der Waals surface area contributed by atoms with Crippen molar-refractivity contribution in [2.75, 3.05) is 6.54 Å². The van der Waals surface area contributed by atoms with Crippen LogP contribution >= 0.6 is 28.3 Å². The van der Waals surface area contributed by atoms with Crippen LogP contribution in [0.1, 0.15) is 13.8 Å². The lowest BCUT2D eigenvalue weighted by molar-refractivity contribution is 0.462. The third-order valence-electron chi connectivity index (χ3n) is 3.26. The Balaban J connectivity index is 0.00000264. The first-order valence-electron chi connectivity index (χ1n) is 6.84. The van der Waals surface area contributed by atoms with Crippen LogP contribution in [0.2, 0.25) is 0 Å². The summed E-state index contributed by atoms with van der Waals surface area (Å²) in [5.74, 6) is 0. The second kappa shape index (κ2) is 7.77. The van der Waals surface area contributed by atoms with Crippen molar-refractivity contribution in [3.8, 4) is 11.1 Å². The lowest BCUT2D eigenvalue weighted by Gasteiger charge is -2.23. The van der Waals surface area contributed by atoms with E-state index in [2.05, 4.69) is 20.7 Å². The summed E-state index contributed by atoms with van der Waals surface area (Å²) >= 11 is 3.39. The first-order chi connectivity index (χ1) is 10.2. The second-order valence-electron chi connectivity index (χ2n) is 5.72. The summed E-state index contributed by atoms with van der Waals surface area (Å²) in [4.78, 5) is 0.231. The van der Waals surface area contributed by atoms with Crippen molar-refractivity contribution in [3.05, 3.63) is 53.0 Å². The topological polar surface area (TPSA) is 72.2 Å². The van der Waals surface area contributed by atoms with Gasteiger partial charge in [0.2, 0.25) is 10.0 Å². The largest absolute Gasteiger partial charge is 0.329 e. The summed E-state index contributed by atoms with van der Waals surface area (Å²) < 4.78 is 28.3. The number of nitrogens with one attached hydrogen (secondary N) is 1. The third-order valence-corrected chi connectivity index (χ3v) is 5.51. The van der Waals surface area contributed by atoms with Crippen molar-refractivity contribution in [1.29, 1.82) is 0 Å². The van der Waals surface area contributed by atoms with Crippen molar-refractivity contribution < 1.29 is 8.42 Å². The Morgan fingerprint density at radius 1 is 1.00 bits per heavy atom. The fourth-order valence-electron chi connectivity index (χ4n) is 1.93. The smallest absolute Gasteiger partial charge is 0.241 e. The highest BCUT2D eigenvalue weighted by molar-refractivity contribution is 9.10. The maximum Gasteiger partial charge on any atom is 0.241 e. The average Bonchev–Trinajstić information content (AvgIpc) is 2.47. The Labute approximate surface area is 152 Å². The third kappa shape index (κ3) is 5.29. The molecule has 3 N–H and O–H groups in total. The van der Waals surface area contributed by atoms with E-state index in [-0.39, 0.29) is 23.8 Å². The van der Waals surface area contributed by atoms with Crippen molar-refractivity contribution in [1.82, 2.24) is 4.72 Å². The molecule has 0 bridgehead atoms. The van der Waals surface area contributed by atoms with E-state index in [0.29, 0.717) is 0 Å². The SMILES string of the molecule is CC(C)(CN)NS(=O)(=O)c1ccc(-c2ccc(Br)cc2)cc1.Cl. The van der Waals surface area contributed by atoms with Crippen LogP contribution in [0.4, 0.5) is 0 Å². The number of hydrogen-bond donors (Lipinski definition) is 2. The number of benzene rings is 2. The lowest BCUT2D eigenvalue weighted by Crippen LogP contribution is -2.48. The maximum absolute atomic E-state index is 12.3. The summed E-state index contributed by atoms with van der Waals surface area (Å²) in [5, 5.41) is 0. The Kier molecular flexibility index (Phi) is 6.80. The number of rotatable bonds is 5. The van der Waals surface area contributed by atoms with Crippen LogP contribution in [0.15, 0.2) is 57.9 Å². The molecule has 126 valence electrons. The van der Waals surface area contributed by atoms with Gasteiger partial charge in [0.25, 0.3) is 0 Å². The van der Waals surface area contributed by atoms with E-state index in [1.54, 1.807) is 38.1 Å². The average molecular weight is 420 g/mol. The Hall–Kier alpha value is -0.920. The first-order valence-corrected chi connectivity index (χ1v) is 9.11. The Morgan fingerprint density at radius 3 is 1.87 bits per heavy atom. The predicted octanol–water partition coefficient (Wildman–Crippen LogP) is 3.55. The van der Waals surface area contributed by atoms with Gasteiger partial charge >= 0.3 is 0 Å².